The van der Waals surface area contributed by atoms with E-state index in [1.807, 2.05) is 6.07 Å². The second-order valence-corrected chi connectivity index (χ2v) is 4.78. The van der Waals surface area contributed by atoms with Gasteiger partial charge >= 0.3 is 6.18 Å². The molecule has 0 radical (unpaired) electrons. The van der Waals surface area contributed by atoms with Crippen molar-refractivity contribution in [2.45, 2.75) is 31.5 Å². The van der Waals surface area contributed by atoms with Gasteiger partial charge in [0.15, 0.2) is 0 Å². The molecule has 1 aromatic carbocycles. The predicted molar refractivity (Wildman–Crippen MR) is 62.5 cm³/mol. The van der Waals surface area contributed by atoms with Gasteiger partial charge in [0.1, 0.15) is 5.75 Å². The van der Waals surface area contributed by atoms with Gasteiger partial charge in [0.2, 0.25) is 0 Å². The summed E-state index contributed by atoms with van der Waals surface area (Å²) in [6, 6.07) is 5.14. The van der Waals surface area contributed by atoms with Gasteiger partial charge < -0.3 is 5.11 Å². The van der Waals surface area contributed by atoms with Crippen molar-refractivity contribution in [3.05, 3.63) is 29.3 Å². The zero-order valence-corrected chi connectivity index (χ0v) is 10.2. The molecule has 0 heterocycles. The molecular weight excluding hydrogens is 243 g/mol. The van der Waals surface area contributed by atoms with E-state index in [0.29, 0.717) is 0 Å². The lowest BCUT2D eigenvalue weighted by molar-refractivity contribution is -0.138. The van der Waals surface area contributed by atoms with Crippen LogP contribution in [0.15, 0.2) is 18.2 Å². The molecule has 100 valence electrons. The zero-order chi connectivity index (χ0) is 13.3. The molecule has 0 amide bonds. The minimum absolute atomic E-state index is 0.00842. The third-order valence-electron chi connectivity index (χ3n) is 3.45. The number of phenolic OH excluding ortho intramolecular Hbond substituents is 1. The third kappa shape index (κ3) is 2.96. The van der Waals surface area contributed by atoms with E-state index in [2.05, 4.69) is 0 Å². The number of alkyl halides is 3. The Hall–Kier alpha value is -1.23. The van der Waals surface area contributed by atoms with Gasteiger partial charge in [0.05, 0.1) is 6.42 Å². The van der Waals surface area contributed by atoms with Crippen LogP contribution >= 0.6 is 0 Å². The topological polar surface area (TPSA) is 23.5 Å². The number of halogens is 3. The molecule has 1 aliphatic rings. The summed E-state index contributed by atoms with van der Waals surface area (Å²) in [6.45, 7) is 0.00842. The standard InChI is InChI=1S/C13H16F3NO/c1-17(7-6-13(14,15)16)12-5-2-9-8-10(18)3-4-11(9)12/h3-4,8,12,18H,2,5-7H2,1H3. The predicted octanol–water partition coefficient (Wildman–Crippen LogP) is 3.26. The number of hydrogen-bond acceptors (Lipinski definition) is 2. The minimum atomic E-state index is -4.11. The van der Waals surface area contributed by atoms with Crippen LogP contribution in [-0.2, 0) is 6.42 Å². The highest BCUT2D eigenvalue weighted by Crippen LogP contribution is 2.37. The Morgan fingerprint density at radius 3 is 2.78 bits per heavy atom. The fraction of sp³-hybridized carbons (Fsp3) is 0.538. The monoisotopic (exact) mass is 259 g/mol. The summed E-state index contributed by atoms with van der Waals surface area (Å²) < 4.78 is 36.6. The lowest BCUT2D eigenvalue weighted by atomic mass is 10.1. The molecule has 0 bridgehead atoms. The molecule has 2 nitrogen and oxygen atoms in total. The molecule has 0 saturated carbocycles. The average Bonchev–Trinajstić information content (AvgIpc) is 2.67. The van der Waals surface area contributed by atoms with Crippen molar-refractivity contribution in [3.63, 3.8) is 0 Å². The zero-order valence-electron chi connectivity index (χ0n) is 10.2. The molecular formula is C13H16F3NO. The number of benzene rings is 1. The van der Waals surface area contributed by atoms with Gasteiger partial charge in [-0.2, -0.15) is 13.2 Å². The van der Waals surface area contributed by atoms with E-state index in [-0.39, 0.29) is 18.3 Å². The SMILES string of the molecule is CN(CCC(F)(F)F)C1CCc2cc(O)ccc21. The van der Waals surface area contributed by atoms with Gasteiger partial charge in [-0.25, -0.2) is 0 Å². The summed E-state index contributed by atoms with van der Waals surface area (Å²) in [6.07, 6.45) is -3.27. The molecule has 0 aliphatic heterocycles. The number of rotatable bonds is 3. The van der Waals surface area contributed by atoms with Crippen molar-refractivity contribution in [1.82, 2.24) is 4.90 Å². The smallest absolute Gasteiger partial charge is 0.390 e. The van der Waals surface area contributed by atoms with E-state index < -0.39 is 12.6 Å². The normalized spacial score (nSPS) is 19.3. The molecule has 1 aliphatic carbocycles. The van der Waals surface area contributed by atoms with E-state index in [1.54, 1.807) is 24.1 Å². The van der Waals surface area contributed by atoms with Crippen LogP contribution in [-0.4, -0.2) is 29.8 Å². The molecule has 0 saturated heterocycles. The van der Waals surface area contributed by atoms with Crippen LogP contribution < -0.4 is 0 Å². The Morgan fingerprint density at radius 1 is 1.39 bits per heavy atom. The molecule has 0 aromatic heterocycles. The first-order chi connectivity index (χ1) is 8.37. The van der Waals surface area contributed by atoms with Crippen LogP contribution in [0.25, 0.3) is 0 Å². The summed E-state index contributed by atoms with van der Waals surface area (Å²) in [5.74, 6) is 0.215. The molecule has 1 atom stereocenters. The molecule has 1 aromatic rings. The maximum absolute atomic E-state index is 12.2. The molecule has 0 fully saturated rings. The fourth-order valence-corrected chi connectivity index (χ4v) is 2.50. The summed E-state index contributed by atoms with van der Waals surface area (Å²) in [5.41, 5.74) is 2.08. The van der Waals surface area contributed by atoms with E-state index in [4.69, 9.17) is 0 Å². The summed E-state index contributed by atoms with van der Waals surface area (Å²) >= 11 is 0. The molecule has 1 N–H and O–H groups in total. The van der Waals surface area contributed by atoms with Crippen LogP contribution in [0.1, 0.15) is 30.0 Å². The lowest BCUT2D eigenvalue weighted by Gasteiger charge is -2.25. The number of aryl methyl sites for hydroxylation is 1. The second kappa shape index (κ2) is 4.80. The van der Waals surface area contributed by atoms with Crippen molar-refractivity contribution in [2.75, 3.05) is 13.6 Å². The van der Waals surface area contributed by atoms with Gasteiger partial charge in [-0.05, 0) is 43.1 Å². The summed E-state index contributed by atoms with van der Waals surface area (Å²) in [5, 5.41) is 9.37. The molecule has 5 heteroatoms. The third-order valence-corrected chi connectivity index (χ3v) is 3.45. The maximum atomic E-state index is 12.2. The first-order valence-electron chi connectivity index (χ1n) is 5.95. The number of nitrogens with zero attached hydrogens (tertiary/aromatic N) is 1. The first-order valence-corrected chi connectivity index (χ1v) is 5.95. The Bertz CT molecular complexity index is 431. The Kier molecular flexibility index (Phi) is 3.52. The fourth-order valence-electron chi connectivity index (χ4n) is 2.50. The minimum Gasteiger partial charge on any atom is -0.508 e. The number of fused-ring (bicyclic) bond motifs is 1. The maximum Gasteiger partial charge on any atom is 0.390 e. The van der Waals surface area contributed by atoms with Crippen LogP contribution in [0.2, 0.25) is 0 Å². The van der Waals surface area contributed by atoms with Crippen LogP contribution in [0.5, 0.6) is 5.75 Å². The van der Waals surface area contributed by atoms with E-state index in [0.717, 1.165) is 24.0 Å². The molecule has 2 rings (SSSR count). The van der Waals surface area contributed by atoms with Gasteiger partial charge in [-0.3, -0.25) is 4.90 Å². The van der Waals surface area contributed by atoms with Crippen molar-refractivity contribution in [2.24, 2.45) is 0 Å². The second-order valence-electron chi connectivity index (χ2n) is 4.78. The van der Waals surface area contributed by atoms with E-state index in [9.17, 15) is 18.3 Å². The Labute approximate surface area is 104 Å². The van der Waals surface area contributed by atoms with Crippen LogP contribution in [0.4, 0.5) is 13.2 Å². The lowest BCUT2D eigenvalue weighted by Crippen LogP contribution is -2.27. The Morgan fingerprint density at radius 2 is 2.11 bits per heavy atom. The van der Waals surface area contributed by atoms with Gasteiger partial charge in [0, 0.05) is 12.6 Å². The highest BCUT2D eigenvalue weighted by Gasteiger charge is 2.31. The van der Waals surface area contributed by atoms with Crippen molar-refractivity contribution < 1.29 is 18.3 Å². The van der Waals surface area contributed by atoms with Crippen LogP contribution in [0.3, 0.4) is 0 Å². The van der Waals surface area contributed by atoms with Gasteiger partial charge in [0.25, 0.3) is 0 Å². The Balaban J connectivity index is 2.04. The summed E-state index contributed by atoms with van der Waals surface area (Å²) in [4.78, 5) is 1.75. The molecule has 0 spiro atoms. The van der Waals surface area contributed by atoms with Gasteiger partial charge in [-0.1, -0.05) is 6.07 Å². The summed E-state index contributed by atoms with van der Waals surface area (Å²) in [7, 11) is 1.72. The highest BCUT2D eigenvalue weighted by molar-refractivity contribution is 5.40. The van der Waals surface area contributed by atoms with Crippen molar-refractivity contribution in [1.29, 1.82) is 0 Å². The molecule has 1 unspecified atom stereocenters. The number of hydrogen-bond donors (Lipinski definition) is 1. The van der Waals surface area contributed by atoms with E-state index >= 15 is 0 Å². The quantitative estimate of drug-likeness (QED) is 0.900. The van der Waals surface area contributed by atoms with Crippen molar-refractivity contribution >= 4 is 0 Å². The largest absolute Gasteiger partial charge is 0.508 e. The first kappa shape index (κ1) is 13.2. The van der Waals surface area contributed by atoms with Gasteiger partial charge in [-0.15, -0.1) is 0 Å². The van der Waals surface area contributed by atoms with Crippen molar-refractivity contribution in [3.8, 4) is 5.75 Å². The van der Waals surface area contributed by atoms with Crippen LogP contribution in [0, 0.1) is 0 Å². The molecule has 18 heavy (non-hydrogen) atoms. The highest BCUT2D eigenvalue weighted by atomic mass is 19.4. The number of aromatic hydroxyl groups is 1. The number of phenols is 1. The average molecular weight is 259 g/mol. The van der Waals surface area contributed by atoms with E-state index in [1.165, 1.54) is 0 Å².